The Kier molecular flexibility index (Phi) is 4.41. The molecule has 3 nitrogen and oxygen atoms in total. The van der Waals surface area contributed by atoms with Gasteiger partial charge < -0.3 is 9.84 Å². The summed E-state index contributed by atoms with van der Waals surface area (Å²) in [5.74, 6) is 1.01. The van der Waals surface area contributed by atoms with Gasteiger partial charge in [-0.05, 0) is 36.4 Å². The first-order valence-electron chi connectivity index (χ1n) is 6.64. The molecule has 3 aromatic rings. The fourth-order valence-electron chi connectivity index (χ4n) is 1.97. The van der Waals surface area contributed by atoms with Crippen molar-refractivity contribution in [1.82, 2.24) is 4.98 Å². The summed E-state index contributed by atoms with van der Waals surface area (Å²) in [7, 11) is 0. The van der Waals surface area contributed by atoms with Crippen molar-refractivity contribution in [1.29, 1.82) is 0 Å². The largest absolute Gasteiger partial charge is 0.508 e. The van der Waals surface area contributed by atoms with Crippen LogP contribution in [0, 0.1) is 0 Å². The number of hydrogen-bond donors (Lipinski definition) is 1. The number of para-hydroxylation sites is 1. The molecule has 5 heteroatoms. The number of aromatic hydroxyl groups is 1. The highest BCUT2D eigenvalue weighted by molar-refractivity contribution is 9.09. The number of fused-ring (bicyclic) bond motifs is 1. The number of phenols is 1. The molecule has 0 aliphatic carbocycles. The first-order valence-corrected chi connectivity index (χ1v) is 8.37. The van der Waals surface area contributed by atoms with Gasteiger partial charge in [0.25, 0.3) is 0 Å². The van der Waals surface area contributed by atoms with Crippen LogP contribution in [0.2, 0.25) is 0 Å². The predicted octanol–water partition coefficient (Wildman–Crippen LogP) is 4.91. The lowest BCUT2D eigenvalue weighted by atomic mass is 10.3. The fourth-order valence-corrected chi connectivity index (χ4v) is 3.52. The van der Waals surface area contributed by atoms with E-state index in [0.717, 1.165) is 22.7 Å². The lowest BCUT2D eigenvalue weighted by Gasteiger charge is -2.08. The minimum atomic E-state index is 0.187. The van der Waals surface area contributed by atoms with Crippen molar-refractivity contribution in [3.63, 3.8) is 0 Å². The maximum atomic E-state index is 9.22. The molecule has 1 unspecified atom stereocenters. The average Bonchev–Trinajstić information content (AvgIpc) is 2.93. The minimum Gasteiger partial charge on any atom is -0.508 e. The molecule has 1 aromatic heterocycles. The summed E-state index contributed by atoms with van der Waals surface area (Å²) in [6.45, 7) is 0.594. The highest BCUT2D eigenvalue weighted by Gasteiger charge is 2.13. The molecule has 2 aromatic carbocycles. The summed E-state index contributed by atoms with van der Waals surface area (Å²) in [5.41, 5.74) is 1.04. The molecule has 1 N–H and O–H groups in total. The van der Waals surface area contributed by atoms with Crippen LogP contribution in [0.3, 0.4) is 0 Å². The van der Waals surface area contributed by atoms with E-state index in [4.69, 9.17) is 4.74 Å². The molecule has 0 bridgehead atoms. The summed E-state index contributed by atoms with van der Waals surface area (Å²) in [4.78, 5) is 4.82. The number of alkyl halides is 1. The van der Waals surface area contributed by atoms with Gasteiger partial charge in [0.05, 0.1) is 21.7 Å². The van der Waals surface area contributed by atoms with Crippen LogP contribution >= 0.6 is 27.3 Å². The first kappa shape index (κ1) is 14.4. The molecule has 0 aliphatic rings. The Morgan fingerprint density at radius 3 is 2.67 bits per heavy atom. The van der Waals surface area contributed by atoms with E-state index in [-0.39, 0.29) is 10.6 Å². The number of aromatic nitrogens is 1. The van der Waals surface area contributed by atoms with Crippen LogP contribution in [0.1, 0.15) is 16.3 Å². The molecule has 0 aliphatic heterocycles. The summed E-state index contributed by atoms with van der Waals surface area (Å²) in [6, 6.07) is 14.9. The van der Waals surface area contributed by atoms with Gasteiger partial charge in [-0.15, -0.1) is 11.3 Å². The Labute approximate surface area is 135 Å². The zero-order chi connectivity index (χ0) is 14.7. The van der Waals surface area contributed by atoms with Crippen molar-refractivity contribution < 1.29 is 9.84 Å². The molecular formula is C16H14BrNO2S. The van der Waals surface area contributed by atoms with Gasteiger partial charge in [-0.1, -0.05) is 28.1 Å². The quantitative estimate of drug-likeness (QED) is 0.655. The third-order valence-corrected chi connectivity index (χ3v) is 5.40. The second-order valence-electron chi connectivity index (χ2n) is 4.62. The van der Waals surface area contributed by atoms with E-state index in [1.54, 1.807) is 35.6 Å². The number of halogens is 1. The summed E-state index contributed by atoms with van der Waals surface area (Å²) >= 11 is 5.38. The molecule has 1 heterocycles. The van der Waals surface area contributed by atoms with Crippen LogP contribution in [-0.4, -0.2) is 16.7 Å². The van der Waals surface area contributed by atoms with Crippen molar-refractivity contribution >= 4 is 37.5 Å². The number of nitrogens with zero attached hydrogens (tertiary/aromatic N) is 1. The van der Waals surface area contributed by atoms with Crippen LogP contribution in [0.5, 0.6) is 11.5 Å². The molecule has 0 spiro atoms. The van der Waals surface area contributed by atoms with Gasteiger partial charge in [0.1, 0.15) is 16.5 Å². The summed E-state index contributed by atoms with van der Waals surface area (Å²) in [6.07, 6.45) is 0.834. The van der Waals surface area contributed by atoms with E-state index < -0.39 is 0 Å². The lowest BCUT2D eigenvalue weighted by Crippen LogP contribution is -2.01. The number of benzene rings is 2. The molecular weight excluding hydrogens is 350 g/mol. The van der Waals surface area contributed by atoms with Crippen LogP contribution in [0.25, 0.3) is 10.2 Å². The molecule has 0 fully saturated rings. The van der Waals surface area contributed by atoms with E-state index in [9.17, 15) is 5.11 Å². The second-order valence-corrected chi connectivity index (χ2v) is 6.79. The van der Waals surface area contributed by atoms with Crippen LogP contribution < -0.4 is 4.74 Å². The Bertz CT molecular complexity index is 693. The Morgan fingerprint density at radius 1 is 1.14 bits per heavy atom. The SMILES string of the molecule is Oc1ccc(OCCC(Br)c2nc3ccccc3s2)cc1. The Balaban J connectivity index is 1.58. The van der Waals surface area contributed by atoms with Crippen molar-refractivity contribution in [2.45, 2.75) is 11.2 Å². The van der Waals surface area contributed by atoms with E-state index >= 15 is 0 Å². The third-order valence-electron chi connectivity index (χ3n) is 3.06. The monoisotopic (exact) mass is 363 g/mol. The van der Waals surface area contributed by atoms with E-state index in [1.165, 1.54) is 4.70 Å². The Morgan fingerprint density at radius 2 is 1.90 bits per heavy atom. The molecule has 0 saturated carbocycles. The van der Waals surface area contributed by atoms with E-state index in [2.05, 4.69) is 27.0 Å². The molecule has 3 rings (SSSR count). The molecule has 0 amide bonds. The van der Waals surface area contributed by atoms with Gasteiger partial charge in [-0.2, -0.15) is 0 Å². The highest BCUT2D eigenvalue weighted by Crippen LogP contribution is 2.33. The topological polar surface area (TPSA) is 42.4 Å². The zero-order valence-electron chi connectivity index (χ0n) is 11.2. The summed E-state index contributed by atoms with van der Waals surface area (Å²) < 4.78 is 6.87. The fraction of sp³-hybridized carbons (Fsp3) is 0.188. The number of thiazole rings is 1. The van der Waals surface area contributed by atoms with Crippen molar-refractivity contribution in [3.05, 3.63) is 53.5 Å². The first-order chi connectivity index (χ1) is 10.2. The number of ether oxygens (including phenoxy) is 1. The number of phenolic OH excluding ortho intramolecular Hbond substituents is 1. The van der Waals surface area contributed by atoms with Gasteiger partial charge in [0, 0.05) is 6.42 Å². The van der Waals surface area contributed by atoms with Gasteiger partial charge in [0.15, 0.2) is 0 Å². The molecule has 0 saturated heterocycles. The van der Waals surface area contributed by atoms with Gasteiger partial charge in [-0.25, -0.2) is 4.98 Å². The van der Waals surface area contributed by atoms with Gasteiger partial charge in [0.2, 0.25) is 0 Å². The standard InChI is InChI=1S/C16H14BrNO2S/c17-13(9-10-20-12-7-5-11(19)6-8-12)16-18-14-3-1-2-4-15(14)21-16/h1-8,13,19H,9-10H2. The molecule has 21 heavy (non-hydrogen) atoms. The minimum absolute atomic E-state index is 0.187. The molecule has 0 radical (unpaired) electrons. The second kappa shape index (κ2) is 6.45. The van der Waals surface area contributed by atoms with Gasteiger partial charge >= 0.3 is 0 Å². The summed E-state index contributed by atoms with van der Waals surface area (Å²) in [5, 5.41) is 10.3. The maximum Gasteiger partial charge on any atom is 0.119 e. The zero-order valence-corrected chi connectivity index (χ0v) is 13.6. The number of rotatable bonds is 5. The van der Waals surface area contributed by atoms with Crippen molar-refractivity contribution in [3.8, 4) is 11.5 Å². The van der Waals surface area contributed by atoms with Gasteiger partial charge in [-0.3, -0.25) is 0 Å². The highest BCUT2D eigenvalue weighted by atomic mass is 79.9. The normalized spacial score (nSPS) is 12.4. The number of hydrogen-bond acceptors (Lipinski definition) is 4. The maximum absolute atomic E-state index is 9.22. The van der Waals surface area contributed by atoms with E-state index in [0.29, 0.717) is 6.61 Å². The third kappa shape index (κ3) is 3.54. The average molecular weight is 364 g/mol. The molecule has 108 valence electrons. The van der Waals surface area contributed by atoms with Crippen molar-refractivity contribution in [2.75, 3.05) is 6.61 Å². The van der Waals surface area contributed by atoms with Crippen LogP contribution in [0.4, 0.5) is 0 Å². The van der Waals surface area contributed by atoms with E-state index in [1.807, 2.05) is 18.2 Å². The van der Waals surface area contributed by atoms with Crippen LogP contribution in [0.15, 0.2) is 48.5 Å². The lowest BCUT2D eigenvalue weighted by molar-refractivity contribution is 0.310. The van der Waals surface area contributed by atoms with Crippen LogP contribution in [-0.2, 0) is 0 Å². The predicted molar refractivity (Wildman–Crippen MR) is 89.5 cm³/mol. The van der Waals surface area contributed by atoms with Crippen molar-refractivity contribution in [2.24, 2.45) is 0 Å². The Hall–Kier alpha value is -1.59. The molecule has 1 atom stereocenters. The smallest absolute Gasteiger partial charge is 0.119 e.